The third-order valence-corrected chi connectivity index (χ3v) is 2.51. The number of aryl methyl sites for hydroxylation is 2. The average Bonchev–Trinajstić information content (AvgIpc) is 2.25. The van der Waals surface area contributed by atoms with Crippen LogP contribution < -0.4 is 4.74 Å². The molecular weight excluding hydrogens is 212 g/mol. The molecule has 2 nitrogen and oxygen atoms in total. The van der Waals surface area contributed by atoms with E-state index in [1.807, 2.05) is 38.1 Å². The molecule has 0 aliphatic carbocycles. The van der Waals surface area contributed by atoms with E-state index in [0.717, 1.165) is 11.3 Å². The molecule has 0 aliphatic heterocycles. The lowest BCUT2D eigenvalue weighted by molar-refractivity contribution is 0.305. The van der Waals surface area contributed by atoms with E-state index in [2.05, 4.69) is 6.07 Å². The van der Waals surface area contributed by atoms with Gasteiger partial charge in [-0.1, -0.05) is 18.2 Å². The van der Waals surface area contributed by atoms with E-state index in [9.17, 15) is 5.11 Å². The van der Waals surface area contributed by atoms with Gasteiger partial charge in [0.1, 0.15) is 18.1 Å². The van der Waals surface area contributed by atoms with E-state index in [-0.39, 0.29) is 5.75 Å². The smallest absolute Gasteiger partial charge is 0.120 e. The number of hydrogen-bond acceptors (Lipinski definition) is 2. The second kappa shape index (κ2) is 4.91. The Balaban J connectivity index is 2.07. The van der Waals surface area contributed by atoms with E-state index in [4.69, 9.17) is 4.74 Å². The maximum atomic E-state index is 9.34. The molecule has 17 heavy (non-hydrogen) atoms. The molecule has 0 bridgehead atoms. The van der Waals surface area contributed by atoms with Crippen molar-refractivity contribution in [2.75, 3.05) is 0 Å². The van der Waals surface area contributed by atoms with E-state index < -0.39 is 0 Å². The van der Waals surface area contributed by atoms with Crippen LogP contribution in [0.2, 0.25) is 0 Å². The zero-order valence-electron chi connectivity index (χ0n) is 10.1. The average molecular weight is 228 g/mol. The number of rotatable bonds is 3. The van der Waals surface area contributed by atoms with Crippen LogP contribution in [-0.2, 0) is 6.61 Å². The van der Waals surface area contributed by atoms with Crippen molar-refractivity contribution in [1.82, 2.24) is 0 Å². The summed E-state index contributed by atoms with van der Waals surface area (Å²) in [7, 11) is 0. The van der Waals surface area contributed by atoms with Crippen molar-refractivity contribution in [3.05, 3.63) is 59.2 Å². The molecule has 0 amide bonds. The Hall–Kier alpha value is -1.96. The SMILES string of the molecule is Cc1cc(C)cc(OCc2cccc(O)c2)c1. The third kappa shape index (κ3) is 3.25. The first-order valence-corrected chi connectivity index (χ1v) is 5.62. The largest absolute Gasteiger partial charge is 0.508 e. The summed E-state index contributed by atoms with van der Waals surface area (Å²) in [6.45, 7) is 4.57. The van der Waals surface area contributed by atoms with Crippen LogP contribution in [0.15, 0.2) is 42.5 Å². The van der Waals surface area contributed by atoms with Gasteiger partial charge in [0.25, 0.3) is 0 Å². The van der Waals surface area contributed by atoms with Gasteiger partial charge in [0.2, 0.25) is 0 Å². The number of phenolic OH excluding ortho intramolecular Hbond substituents is 1. The second-order valence-electron chi connectivity index (χ2n) is 4.28. The number of benzene rings is 2. The summed E-state index contributed by atoms with van der Waals surface area (Å²) in [6, 6.07) is 13.2. The van der Waals surface area contributed by atoms with Crippen LogP contribution in [0.3, 0.4) is 0 Å². The maximum absolute atomic E-state index is 9.34. The van der Waals surface area contributed by atoms with Gasteiger partial charge in [0.05, 0.1) is 0 Å². The van der Waals surface area contributed by atoms with Crippen LogP contribution in [0.1, 0.15) is 16.7 Å². The molecule has 1 N–H and O–H groups in total. The monoisotopic (exact) mass is 228 g/mol. The van der Waals surface area contributed by atoms with Gasteiger partial charge in [-0.25, -0.2) is 0 Å². The third-order valence-electron chi connectivity index (χ3n) is 2.51. The van der Waals surface area contributed by atoms with Crippen LogP contribution in [0.25, 0.3) is 0 Å². The van der Waals surface area contributed by atoms with Gasteiger partial charge < -0.3 is 9.84 Å². The summed E-state index contributed by atoms with van der Waals surface area (Å²) in [4.78, 5) is 0. The van der Waals surface area contributed by atoms with Crippen molar-refractivity contribution in [2.24, 2.45) is 0 Å². The van der Waals surface area contributed by atoms with Gasteiger partial charge in [0.15, 0.2) is 0 Å². The molecule has 2 rings (SSSR count). The highest BCUT2D eigenvalue weighted by atomic mass is 16.5. The summed E-state index contributed by atoms with van der Waals surface area (Å²) in [6.07, 6.45) is 0. The molecule has 0 saturated heterocycles. The summed E-state index contributed by atoms with van der Waals surface area (Å²) in [5, 5.41) is 9.34. The Bertz CT molecular complexity index is 498. The van der Waals surface area contributed by atoms with Gasteiger partial charge in [-0.05, 0) is 54.8 Å². The Kier molecular flexibility index (Phi) is 3.33. The van der Waals surface area contributed by atoms with Gasteiger partial charge in [0, 0.05) is 0 Å². The van der Waals surface area contributed by atoms with Crippen molar-refractivity contribution in [3.8, 4) is 11.5 Å². The van der Waals surface area contributed by atoms with Crippen LogP contribution in [0, 0.1) is 13.8 Å². The molecule has 2 heteroatoms. The first-order valence-electron chi connectivity index (χ1n) is 5.62. The summed E-state index contributed by atoms with van der Waals surface area (Å²) in [5.41, 5.74) is 3.34. The predicted molar refractivity (Wildman–Crippen MR) is 68.4 cm³/mol. The predicted octanol–water partition coefficient (Wildman–Crippen LogP) is 3.59. The van der Waals surface area contributed by atoms with Crippen molar-refractivity contribution in [2.45, 2.75) is 20.5 Å². The molecule has 0 heterocycles. The summed E-state index contributed by atoms with van der Waals surface area (Å²) in [5.74, 6) is 1.14. The molecule has 0 aliphatic rings. The van der Waals surface area contributed by atoms with Crippen molar-refractivity contribution < 1.29 is 9.84 Å². The fourth-order valence-corrected chi connectivity index (χ4v) is 1.83. The molecule has 0 unspecified atom stereocenters. The summed E-state index contributed by atoms with van der Waals surface area (Å²) < 4.78 is 5.70. The minimum absolute atomic E-state index is 0.270. The number of ether oxygens (including phenoxy) is 1. The van der Waals surface area contributed by atoms with Crippen LogP contribution in [0.5, 0.6) is 11.5 Å². The lowest BCUT2D eigenvalue weighted by Crippen LogP contribution is -1.95. The van der Waals surface area contributed by atoms with Crippen molar-refractivity contribution in [3.63, 3.8) is 0 Å². The molecular formula is C15H16O2. The Morgan fingerprint density at radius 2 is 1.71 bits per heavy atom. The zero-order valence-corrected chi connectivity index (χ0v) is 10.1. The van der Waals surface area contributed by atoms with Crippen molar-refractivity contribution in [1.29, 1.82) is 0 Å². The Morgan fingerprint density at radius 1 is 1.00 bits per heavy atom. The molecule has 2 aromatic rings. The van der Waals surface area contributed by atoms with Crippen molar-refractivity contribution >= 4 is 0 Å². The van der Waals surface area contributed by atoms with Gasteiger partial charge >= 0.3 is 0 Å². The normalized spacial score (nSPS) is 10.2. The van der Waals surface area contributed by atoms with Crippen LogP contribution in [-0.4, -0.2) is 5.11 Å². The van der Waals surface area contributed by atoms with Gasteiger partial charge in [-0.15, -0.1) is 0 Å². The van der Waals surface area contributed by atoms with Crippen LogP contribution >= 0.6 is 0 Å². The fourth-order valence-electron chi connectivity index (χ4n) is 1.83. The molecule has 0 saturated carbocycles. The molecule has 0 aromatic heterocycles. The molecule has 0 fully saturated rings. The Morgan fingerprint density at radius 3 is 2.35 bits per heavy atom. The highest BCUT2D eigenvalue weighted by Crippen LogP contribution is 2.18. The number of hydrogen-bond donors (Lipinski definition) is 1. The highest BCUT2D eigenvalue weighted by Gasteiger charge is 1.99. The topological polar surface area (TPSA) is 29.5 Å². The van der Waals surface area contributed by atoms with Gasteiger partial charge in [-0.3, -0.25) is 0 Å². The standard InChI is InChI=1S/C15H16O2/c1-11-6-12(2)8-15(7-11)17-10-13-4-3-5-14(16)9-13/h3-9,16H,10H2,1-2H3. The summed E-state index contributed by atoms with van der Waals surface area (Å²) >= 11 is 0. The minimum atomic E-state index is 0.270. The van der Waals surface area contributed by atoms with Gasteiger partial charge in [-0.2, -0.15) is 0 Å². The molecule has 0 radical (unpaired) electrons. The van der Waals surface area contributed by atoms with Crippen LogP contribution in [0.4, 0.5) is 0 Å². The molecule has 88 valence electrons. The quantitative estimate of drug-likeness (QED) is 0.870. The first kappa shape index (κ1) is 11.5. The Labute approximate surface area is 101 Å². The molecule has 0 spiro atoms. The first-order chi connectivity index (χ1) is 8.13. The maximum Gasteiger partial charge on any atom is 0.120 e. The number of aromatic hydroxyl groups is 1. The highest BCUT2D eigenvalue weighted by molar-refractivity contribution is 5.33. The van der Waals surface area contributed by atoms with E-state index >= 15 is 0 Å². The van der Waals surface area contributed by atoms with E-state index in [0.29, 0.717) is 6.61 Å². The lowest BCUT2D eigenvalue weighted by atomic mass is 10.1. The molecule has 0 atom stereocenters. The van der Waals surface area contributed by atoms with E-state index in [1.54, 1.807) is 12.1 Å². The fraction of sp³-hybridized carbons (Fsp3) is 0.200. The zero-order chi connectivity index (χ0) is 12.3. The lowest BCUT2D eigenvalue weighted by Gasteiger charge is -2.08. The van der Waals surface area contributed by atoms with E-state index in [1.165, 1.54) is 11.1 Å². The second-order valence-corrected chi connectivity index (χ2v) is 4.28. The minimum Gasteiger partial charge on any atom is -0.508 e. The molecule has 2 aromatic carbocycles. The number of phenols is 1.